The molecule has 1 fully saturated rings. The standard InChI is InChI=1S/C15H21BrClNO.C6H3BrClNO2/c1-14(2)8-13(9-15(3,4)18-14)19-12-6-10(16)5-11(17)7-12;7-4-1-5(8)3-6(2-4)9(10)11/h5-7,13,18H,8-9H2,1-4H3;1-3H. The van der Waals surface area contributed by atoms with E-state index in [1.807, 2.05) is 18.2 Å². The van der Waals surface area contributed by atoms with E-state index in [-0.39, 0.29) is 22.9 Å². The van der Waals surface area contributed by atoms with Gasteiger partial charge in [0.05, 0.1) is 4.92 Å². The van der Waals surface area contributed by atoms with Gasteiger partial charge in [0.2, 0.25) is 0 Å². The third-order valence-corrected chi connectivity index (χ3v) is 5.70. The number of non-ortho nitro benzene ring substituents is 1. The summed E-state index contributed by atoms with van der Waals surface area (Å²) in [6.45, 7) is 8.88. The first-order valence-corrected chi connectivity index (χ1v) is 11.6. The number of benzene rings is 2. The van der Waals surface area contributed by atoms with Crippen LogP contribution in [0.4, 0.5) is 5.69 Å². The molecule has 1 aliphatic heterocycles. The highest BCUT2D eigenvalue weighted by atomic mass is 79.9. The molecule has 3 rings (SSSR count). The first kappa shape index (κ1) is 25.4. The molecule has 1 N–H and O–H groups in total. The normalized spacial score (nSPS) is 17.6. The van der Waals surface area contributed by atoms with Gasteiger partial charge in [-0.25, -0.2) is 0 Å². The molecule has 1 saturated heterocycles. The molecule has 0 amide bonds. The van der Waals surface area contributed by atoms with Gasteiger partial charge in [0.1, 0.15) is 11.9 Å². The van der Waals surface area contributed by atoms with Crippen LogP contribution in [0.15, 0.2) is 45.3 Å². The summed E-state index contributed by atoms with van der Waals surface area (Å²) in [6, 6.07) is 9.99. The highest BCUT2D eigenvalue weighted by Gasteiger charge is 2.38. The maximum absolute atomic E-state index is 10.2. The summed E-state index contributed by atoms with van der Waals surface area (Å²) < 4.78 is 7.69. The van der Waals surface area contributed by atoms with Crippen LogP contribution in [-0.4, -0.2) is 22.1 Å². The van der Waals surface area contributed by atoms with Crippen LogP contribution in [0.3, 0.4) is 0 Å². The molecule has 0 unspecified atom stereocenters. The molecule has 1 aliphatic rings. The fourth-order valence-corrected chi connectivity index (χ4v) is 5.42. The van der Waals surface area contributed by atoms with E-state index in [2.05, 4.69) is 64.9 Å². The highest BCUT2D eigenvalue weighted by Crippen LogP contribution is 2.33. The SMILES string of the molecule is CC1(C)CC(Oc2cc(Cl)cc(Br)c2)CC(C)(C)N1.O=[N+]([O-])c1cc(Cl)cc(Br)c1. The van der Waals surface area contributed by atoms with E-state index < -0.39 is 4.92 Å². The molecule has 0 saturated carbocycles. The molecular weight excluding hydrogens is 559 g/mol. The van der Waals surface area contributed by atoms with Crippen LogP contribution >= 0.6 is 55.1 Å². The maximum atomic E-state index is 10.2. The fourth-order valence-electron chi connectivity index (χ4n) is 3.75. The maximum Gasteiger partial charge on any atom is 0.272 e. The van der Waals surface area contributed by atoms with Crippen molar-refractivity contribution >= 4 is 60.7 Å². The zero-order chi connectivity index (χ0) is 22.7. The van der Waals surface area contributed by atoms with Crippen molar-refractivity contribution in [2.45, 2.75) is 57.7 Å². The number of nitro groups is 1. The van der Waals surface area contributed by atoms with Crippen molar-refractivity contribution in [1.29, 1.82) is 0 Å². The Morgan fingerprint density at radius 2 is 1.47 bits per heavy atom. The summed E-state index contributed by atoms with van der Waals surface area (Å²) in [7, 11) is 0. The lowest BCUT2D eigenvalue weighted by molar-refractivity contribution is -0.384. The summed E-state index contributed by atoms with van der Waals surface area (Å²) in [5, 5.41) is 14.9. The van der Waals surface area contributed by atoms with Gasteiger partial charge in [-0.15, -0.1) is 0 Å². The van der Waals surface area contributed by atoms with Gasteiger partial charge in [0.25, 0.3) is 5.69 Å². The van der Waals surface area contributed by atoms with E-state index in [0.29, 0.717) is 14.5 Å². The van der Waals surface area contributed by atoms with Crippen molar-refractivity contribution in [3.63, 3.8) is 0 Å². The van der Waals surface area contributed by atoms with E-state index in [1.54, 1.807) is 6.07 Å². The second-order valence-electron chi connectivity index (χ2n) is 8.53. The molecule has 2 aromatic rings. The molecule has 1 heterocycles. The molecule has 0 radical (unpaired) electrons. The Hall–Kier alpha value is -0.860. The lowest BCUT2D eigenvalue weighted by Crippen LogP contribution is -2.60. The molecule has 0 atom stereocenters. The molecule has 0 aromatic heterocycles. The van der Waals surface area contributed by atoms with Crippen molar-refractivity contribution in [1.82, 2.24) is 5.32 Å². The first-order valence-electron chi connectivity index (χ1n) is 9.27. The Morgan fingerprint density at radius 1 is 0.967 bits per heavy atom. The van der Waals surface area contributed by atoms with Crippen LogP contribution in [-0.2, 0) is 0 Å². The highest BCUT2D eigenvalue weighted by molar-refractivity contribution is 9.10. The molecular formula is C21H24Br2Cl2N2O3. The quantitative estimate of drug-likeness (QED) is 0.296. The van der Waals surface area contributed by atoms with Gasteiger partial charge in [-0.3, -0.25) is 10.1 Å². The number of hydrogen-bond acceptors (Lipinski definition) is 4. The monoisotopic (exact) mass is 580 g/mol. The molecule has 0 spiro atoms. The Balaban J connectivity index is 0.000000248. The number of nitrogens with one attached hydrogen (secondary N) is 1. The third kappa shape index (κ3) is 8.35. The smallest absolute Gasteiger partial charge is 0.272 e. The van der Waals surface area contributed by atoms with Crippen LogP contribution in [0.1, 0.15) is 40.5 Å². The van der Waals surface area contributed by atoms with Gasteiger partial charge in [0.15, 0.2) is 0 Å². The number of piperidine rings is 1. The number of nitro benzene ring substituents is 1. The van der Waals surface area contributed by atoms with Crippen LogP contribution in [0.5, 0.6) is 5.75 Å². The zero-order valence-electron chi connectivity index (χ0n) is 17.1. The number of hydrogen-bond donors (Lipinski definition) is 1. The van der Waals surface area contributed by atoms with Crippen molar-refractivity contribution < 1.29 is 9.66 Å². The summed E-state index contributed by atoms with van der Waals surface area (Å²) >= 11 is 18.2. The molecule has 5 nitrogen and oxygen atoms in total. The fraction of sp³-hybridized carbons (Fsp3) is 0.429. The summed E-state index contributed by atoms with van der Waals surface area (Å²) in [6.07, 6.45) is 2.18. The van der Waals surface area contributed by atoms with E-state index in [1.165, 1.54) is 12.1 Å². The number of halogens is 4. The lowest BCUT2D eigenvalue weighted by Gasteiger charge is -2.46. The molecule has 9 heteroatoms. The van der Waals surface area contributed by atoms with Crippen LogP contribution < -0.4 is 10.1 Å². The minimum atomic E-state index is -0.489. The van der Waals surface area contributed by atoms with Crippen molar-refractivity contribution in [3.8, 4) is 5.75 Å². The molecule has 0 aliphatic carbocycles. The predicted molar refractivity (Wildman–Crippen MR) is 130 cm³/mol. The number of nitrogens with zero attached hydrogens (tertiary/aromatic N) is 1. The van der Waals surface area contributed by atoms with E-state index in [9.17, 15) is 10.1 Å². The van der Waals surface area contributed by atoms with Crippen LogP contribution in [0.2, 0.25) is 10.0 Å². The van der Waals surface area contributed by atoms with Crippen molar-refractivity contribution in [2.24, 2.45) is 0 Å². The summed E-state index contributed by atoms with van der Waals surface area (Å²) in [4.78, 5) is 9.74. The van der Waals surface area contributed by atoms with E-state index in [0.717, 1.165) is 23.1 Å². The Labute approximate surface area is 203 Å². The van der Waals surface area contributed by atoms with Gasteiger partial charge in [-0.05, 0) is 52.0 Å². The average Bonchev–Trinajstić information content (AvgIpc) is 2.50. The van der Waals surface area contributed by atoms with Crippen molar-refractivity contribution in [3.05, 3.63) is 65.5 Å². The van der Waals surface area contributed by atoms with Gasteiger partial charge in [0, 0.05) is 55.0 Å². The largest absolute Gasteiger partial charge is 0.490 e. The lowest BCUT2D eigenvalue weighted by atomic mass is 9.81. The minimum absolute atomic E-state index is 0.00984. The second kappa shape index (κ2) is 10.2. The average molecular weight is 583 g/mol. The predicted octanol–water partition coefficient (Wildman–Crippen LogP) is 7.80. The van der Waals surface area contributed by atoms with E-state index in [4.69, 9.17) is 27.9 Å². The molecule has 30 heavy (non-hydrogen) atoms. The molecule has 2 aromatic carbocycles. The Morgan fingerprint density at radius 3 is 1.93 bits per heavy atom. The zero-order valence-corrected chi connectivity index (χ0v) is 21.8. The molecule has 164 valence electrons. The summed E-state index contributed by atoms with van der Waals surface area (Å²) in [5.74, 6) is 0.831. The minimum Gasteiger partial charge on any atom is -0.490 e. The molecule has 0 bridgehead atoms. The number of ether oxygens (including phenoxy) is 1. The van der Waals surface area contributed by atoms with Crippen LogP contribution in [0, 0.1) is 10.1 Å². The van der Waals surface area contributed by atoms with Gasteiger partial charge < -0.3 is 10.1 Å². The summed E-state index contributed by atoms with van der Waals surface area (Å²) in [5.41, 5.74) is 0.161. The Bertz CT molecular complexity index is 867. The van der Waals surface area contributed by atoms with E-state index >= 15 is 0 Å². The van der Waals surface area contributed by atoms with Crippen LogP contribution in [0.25, 0.3) is 0 Å². The third-order valence-electron chi connectivity index (χ3n) is 4.35. The second-order valence-corrected chi connectivity index (χ2v) is 11.2. The first-order chi connectivity index (χ1) is 13.7. The van der Waals surface area contributed by atoms with Gasteiger partial charge in [-0.2, -0.15) is 0 Å². The Kier molecular flexibility index (Phi) is 8.61. The van der Waals surface area contributed by atoms with Gasteiger partial charge >= 0.3 is 0 Å². The number of rotatable bonds is 3. The van der Waals surface area contributed by atoms with Crippen molar-refractivity contribution in [2.75, 3.05) is 0 Å². The topological polar surface area (TPSA) is 64.4 Å². The van der Waals surface area contributed by atoms with Gasteiger partial charge in [-0.1, -0.05) is 55.1 Å².